The summed E-state index contributed by atoms with van der Waals surface area (Å²) in [6.45, 7) is 1.92. The Morgan fingerprint density at radius 2 is 2.07 bits per heavy atom. The normalized spacial score (nSPS) is 21.4. The Balaban J connectivity index is 2.56. The second-order valence-corrected chi connectivity index (χ2v) is 6.02. The van der Waals surface area contributed by atoms with Crippen LogP contribution in [0.15, 0.2) is 12.3 Å². The molecule has 4 N–H and O–H groups in total. The molecule has 0 spiro atoms. The van der Waals surface area contributed by atoms with Gasteiger partial charge in [0.05, 0.1) is 13.4 Å². The van der Waals surface area contributed by atoms with Gasteiger partial charge >= 0.3 is 11.9 Å². The van der Waals surface area contributed by atoms with E-state index in [0.717, 1.165) is 12.5 Å². The third-order valence-corrected chi connectivity index (χ3v) is 4.29. The van der Waals surface area contributed by atoms with E-state index in [1.54, 1.807) is 0 Å². The van der Waals surface area contributed by atoms with E-state index < -0.39 is 36.4 Å². The Bertz CT molecular complexity index is 736. The number of carbonyl (C=O) groups excluding carboxylic acids is 2. The van der Waals surface area contributed by atoms with Crippen LogP contribution >= 0.6 is 0 Å². The quantitative estimate of drug-likeness (QED) is 0.372. The number of carbonyl (C=O) groups is 2. The number of nitrogens with zero attached hydrogens (tertiary/aromatic N) is 2. The number of hydrogen-bond acceptors (Lipinski definition) is 10. The van der Waals surface area contributed by atoms with Crippen molar-refractivity contribution in [2.45, 2.75) is 50.6 Å². The molecule has 0 aromatic carbocycles. The number of aliphatic hydroxyl groups excluding tert-OH is 4. The molecule has 4 unspecified atom stereocenters. The van der Waals surface area contributed by atoms with E-state index in [0.29, 0.717) is 19.1 Å². The van der Waals surface area contributed by atoms with Crippen LogP contribution < -0.4 is 0 Å². The van der Waals surface area contributed by atoms with Gasteiger partial charge in [-0.05, 0) is 24.5 Å². The van der Waals surface area contributed by atoms with Gasteiger partial charge in [-0.2, -0.15) is 0 Å². The van der Waals surface area contributed by atoms with Gasteiger partial charge in [0.25, 0.3) is 0 Å². The van der Waals surface area contributed by atoms with E-state index in [1.165, 1.54) is 7.11 Å². The summed E-state index contributed by atoms with van der Waals surface area (Å²) in [4.78, 5) is 24.3. The maximum absolute atomic E-state index is 12.3. The van der Waals surface area contributed by atoms with Crippen molar-refractivity contribution in [3.05, 3.63) is 34.9 Å². The highest BCUT2D eigenvalue weighted by Gasteiger charge is 2.44. The molecular formula is C17H22N2O8. The van der Waals surface area contributed by atoms with Crippen LogP contribution in [0.25, 0.3) is 0 Å². The third kappa shape index (κ3) is 4.07. The summed E-state index contributed by atoms with van der Waals surface area (Å²) in [5.41, 5.74) is -0.110. The van der Waals surface area contributed by atoms with Crippen LogP contribution in [0.2, 0.25) is 0 Å². The zero-order chi connectivity index (χ0) is 20.1. The highest BCUT2D eigenvalue weighted by molar-refractivity contribution is 5.94. The van der Waals surface area contributed by atoms with Crippen molar-refractivity contribution >= 4 is 11.9 Å². The van der Waals surface area contributed by atoms with E-state index >= 15 is 0 Å². The number of aromatic nitrogens is 2. The lowest BCUT2D eigenvalue weighted by Crippen LogP contribution is -2.47. The minimum Gasteiger partial charge on any atom is -0.516 e. The molecule has 148 valence electrons. The topological polar surface area (TPSA) is 159 Å². The third-order valence-electron chi connectivity index (χ3n) is 4.29. The summed E-state index contributed by atoms with van der Waals surface area (Å²) in [5.74, 6) is -1.73. The Kier molecular flexibility index (Phi) is 6.83. The summed E-state index contributed by atoms with van der Waals surface area (Å²) in [7, 11) is 1.17. The maximum atomic E-state index is 12.3. The molecule has 4 atom stereocenters. The Morgan fingerprint density at radius 3 is 2.67 bits per heavy atom. The molecule has 0 bridgehead atoms. The Labute approximate surface area is 155 Å². The van der Waals surface area contributed by atoms with Gasteiger partial charge in [-0.25, -0.2) is 9.59 Å². The molecule has 0 saturated carbocycles. The fourth-order valence-electron chi connectivity index (χ4n) is 2.88. The Morgan fingerprint density at radius 1 is 1.37 bits per heavy atom. The number of methoxy groups -OCH3 is 1. The van der Waals surface area contributed by atoms with Gasteiger partial charge in [-0.3, -0.25) is 0 Å². The zero-order valence-electron chi connectivity index (χ0n) is 14.9. The first-order valence-electron chi connectivity index (χ1n) is 8.41. The van der Waals surface area contributed by atoms with Crippen molar-refractivity contribution in [1.82, 2.24) is 10.2 Å². The molecule has 1 aliphatic rings. The summed E-state index contributed by atoms with van der Waals surface area (Å²) in [6, 6.07) is 0. The molecule has 1 aromatic heterocycles. The predicted octanol–water partition coefficient (Wildman–Crippen LogP) is -0.0283. The largest absolute Gasteiger partial charge is 0.516 e. The molecule has 0 aliphatic carbocycles. The molecule has 0 amide bonds. The van der Waals surface area contributed by atoms with Crippen LogP contribution in [0, 0.1) is 0 Å². The smallest absolute Gasteiger partial charge is 0.359 e. The number of rotatable bonds is 7. The van der Waals surface area contributed by atoms with Gasteiger partial charge in [0.15, 0.2) is 17.5 Å². The van der Waals surface area contributed by atoms with Crippen molar-refractivity contribution in [3.8, 4) is 0 Å². The summed E-state index contributed by atoms with van der Waals surface area (Å²) < 4.78 is 9.70. The minimum atomic E-state index is -1.73. The van der Waals surface area contributed by atoms with Crippen molar-refractivity contribution < 1.29 is 39.5 Å². The van der Waals surface area contributed by atoms with Crippen LogP contribution in [0.1, 0.15) is 58.0 Å². The molecule has 0 radical (unpaired) electrons. The number of hydrogen-bond donors (Lipinski definition) is 4. The van der Waals surface area contributed by atoms with E-state index in [-0.39, 0.29) is 22.5 Å². The highest BCUT2D eigenvalue weighted by atomic mass is 16.6. The molecule has 1 aromatic rings. The van der Waals surface area contributed by atoms with Crippen LogP contribution in [0.4, 0.5) is 0 Å². The van der Waals surface area contributed by atoms with Crippen molar-refractivity contribution in [2.75, 3.05) is 7.11 Å². The van der Waals surface area contributed by atoms with Gasteiger partial charge in [0, 0.05) is 5.56 Å². The van der Waals surface area contributed by atoms with Crippen molar-refractivity contribution in [3.63, 3.8) is 0 Å². The number of ether oxygens (including phenoxy) is 2. The summed E-state index contributed by atoms with van der Waals surface area (Å²) in [5, 5.41) is 46.9. The minimum absolute atomic E-state index is 0.0133. The molecule has 2 rings (SSSR count). The van der Waals surface area contributed by atoms with Crippen LogP contribution in [-0.4, -0.2) is 68.0 Å². The summed E-state index contributed by atoms with van der Waals surface area (Å²) in [6.07, 6.45) is -3.34. The van der Waals surface area contributed by atoms with Gasteiger partial charge < -0.3 is 29.9 Å². The van der Waals surface area contributed by atoms with E-state index in [1.807, 2.05) is 6.92 Å². The first-order valence-corrected chi connectivity index (χ1v) is 8.41. The molecular weight excluding hydrogens is 360 g/mol. The summed E-state index contributed by atoms with van der Waals surface area (Å²) >= 11 is 0. The van der Waals surface area contributed by atoms with E-state index in [9.17, 15) is 24.9 Å². The second-order valence-electron chi connectivity index (χ2n) is 6.02. The first kappa shape index (κ1) is 20.7. The van der Waals surface area contributed by atoms with Crippen LogP contribution in [0.5, 0.6) is 0 Å². The predicted molar refractivity (Wildman–Crippen MR) is 89.9 cm³/mol. The number of fused-ring (bicyclic) bond motifs is 1. The van der Waals surface area contributed by atoms with Gasteiger partial charge in [-0.15, -0.1) is 10.2 Å². The SMILES string of the molecule is CCCCc1c(C(=O)OC)nnc2c1C(O)C(C(O)C(O)C=CO)OC2=O. The number of esters is 2. The van der Waals surface area contributed by atoms with E-state index in [2.05, 4.69) is 14.9 Å². The molecule has 0 fully saturated rings. The lowest BCUT2D eigenvalue weighted by molar-refractivity contribution is -0.110. The number of unbranched alkanes of at least 4 members (excludes halogenated alkanes) is 1. The lowest BCUT2D eigenvalue weighted by Gasteiger charge is -2.34. The number of aliphatic hydroxyl groups is 4. The average molecular weight is 382 g/mol. The second kappa shape index (κ2) is 8.89. The van der Waals surface area contributed by atoms with Crippen molar-refractivity contribution in [1.29, 1.82) is 0 Å². The molecule has 10 nitrogen and oxygen atoms in total. The molecule has 0 saturated heterocycles. The fourth-order valence-corrected chi connectivity index (χ4v) is 2.88. The first-order chi connectivity index (χ1) is 12.9. The molecule has 2 heterocycles. The maximum Gasteiger partial charge on any atom is 0.359 e. The van der Waals surface area contributed by atoms with Gasteiger partial charge in [0.1, 0.15) is 18.3 Å². The van der Waals surface area contributed by atoms with Crippen LogP contribution in [-0.2, 0) is 15.9 Å². The number of cyclic esters (lactones) is 1. The average Bonchev–Trinajstić information content (AvgIpc) is 2.67. The van der Waals surface area contributed by atoms with Crippen LogP contribution in [0.3, 0.4) is 0 Å². The standard InChI is InChI=1S/C17H22N2O8/c1-3-4-5-8-10-12(19-18-11(8)16(24)26-2)17(25)27-15(14(10)23)13(22)9(21)6-7-20/h6-7,9,13-15,20-23H,3-5H2,1-2H3. The molecule has 1 aliphatic heterocycles. The van der Waals surface area contributed by atoms with Gasteiger partial charge in [-0.1, -0.05) is 13.3 Å². The van der Waals surface area contributed by atoms with E-state index in [4.69, 9.17) is 9.84 Å². The highest BCUT2D eigenvalue weighted by Crippen LogP contribution is 2.35. The fraction of sp³-hybridized carbons (Fsp3) is 0.529. The molecule has 27 heavy (non-hydrogen) atoms. The molecule has 10 heteroatoms. The Hall–Kier alpha value is -2.56. The van der Waals surface area contributed by atoms with Gasteiger partial charge in [0.2, 0.25) is 0 Å². The zero-order valence-corrected chi connectivity index (χ0v) is 14.9. The monoisotopic (exact) mass is 382 g/mol. The van der Waals surface area contributed by atoms with Crippen molar-refractivity contribution in [2.24, 2.45) is 0 Å². The lowest BCUT2D eigenvalue weighted by atomic mass is 9.88.